The van der Waals surface area contributed by atoms with E-state index < -0.39 is 0 Å². The average molecular weight is 443 g/mol. The Kier molecular flexibility index (Phi) is 4.61. The molecule has 3 aromatic rings. The van der Waals surface area contributed by atoms with Crippen LogP contribution in [0.1, 0.15) is 24.1 Å². The number of ether oxygens (including phenoxy) is 1. The monoisotopic (exact) mass is 443 g/mol. The molecule has 0 atom stereocenters. The van der Waals surface area contributed by atoms with Gasteiger partial charge in [0.15, 0.2) is 5.75 Å². The van der Waals surface area contributed by atoms with Crippen molar-refractivity contribution in [1.82, 2.24) is 4.57 Å². The standard InChI is InChI=1S/C21H18INO2/c22-19-20(25-16-11-5-2-6-12-16)17-13-7-8-14-18(17)23(21(19)24)15-9-3-1-4-10-15/h1-6,9-12H,7-8,13-14H2. The Balaban J connectivity index is 1.93. The van der Waals surface area contributed by atoms with Gasteiger partial charge in [-0.3, -0.25) is 9.36 Å². The van der Waals surface area contributed by atoms with E-state index in [1.165, 1.54) is 5.56 Å². The highest BCUT2D eigenvalue weighted by Gasteiger charge is 2.24. The summed E-state index contributed by atoms with van der Waals surface area (Å²) in [7, 11) is 0. The van der Waals surface area contributed by atoms with Gasteiger partial charge in [-0.15, -0.1) is 0 Å². The molecule has 0 unspecified atom stereocenters. The van der Waals surface area contributed by atoms with Gasteiger partial charge in [-0.25, -0.2) is 0 Å². The van der Waals surface area contributed by atoms with Crippen molar-refractivity contribution in [2.45, 2.75) is 25.7 Å². The highest BCUT2D eigenvalue weighted by Crippen LogP contribution is 2.35. The van der Waals surface area contributed by atoms with Crippen LogP contribution in [0.4, 0.5) is 0 Å². The summed E-state index contributed by atoms with van der Waals surface area (Å²) in [5.41, 5.74) is 3.19. The van der Waals surface area contributed by atoms with Gasteiger partial charge in [0, 0.05) is 16.9 Å². The molecular formula is C21H18INO2. The molecule has 2 aromatic carbocycles. The van der Waals surface area contributed by atoms with Gasteiger partial charge in [0.05, 0.1) is 0 Å². The number of hydrogen-bond acceptors (Lipinski definition) is 2. The SMILES string of the molecule is O=c1c(I)c(Oc2ccccc2)c2c(n1-c1ccccc1)CCCC2. The van der Waals surface area contributed by atoms with E-state index in [1.54, 1.807) is 0 Å². The first-order valence-corrected chi connectivity index (χ1v) is 9.58. The molecule has 126 valence electrons. The fourth-order valence-electron chi connectivity index (χ4n) is 3.39. The summed E-state index contributed by atoms with van der Waals surface area (Å²) in [6.45, 7) is 0. The predicted molar refractivity (Wildman–Crippen MR) is 108 cm³/mol. The lowest BCUT2D eigenvalue weighted by Gasteiger charge is -2.25. The first-order valence-electron chi connectivity index (χ1n) is 8.50. The number of rotatable bonds is 3. The largest absolute Gasteiger partial charge is 0.456 e. The Hall–Kier alpha value is -2.08. The molecule has 0 fully saturated rings. The molecule has 0 N–H and O–H groups in total. The molecular weight excluding hydrogens is 425 g/mol. The van der Waals surface area contributed by atoms with Crippen LogP contribution in [0, 0.1) is 3.57 Å². The van der Waals surface area contributed by atoms with E-state index in [0.717, 1.165) is 48.6 Å². The van der Waals surface area contributed by atoms with Crippen LogP contribution < -0.4 is 10.3 Å². The van der Waals surface area contributed by atoms with E-state index in [4.69, 9.17) is 4.74 Å². The van der Waals surface area contributed by atoms with Crippen molar-refractivity contribution in [2.75, 3.05) is 0 Å². The molecule has 0 saturated carbocycles. The van der Waals surface area contributed by atoms with Crippen LogP contribution >= 0.6 is 22.6 Å². The minimum Gasteiger partial charge on any atom is -0.456 e. The zero-order valence-corrected chi connectivity index (χ0v) is 15.9. The Morgan fingerprint density at radius 3 is 2.24 bits per heavy atom. The summed E-state index contributed by atoms with van der Waals surface area (Å²) in [6.07, 6.45) is 4.08. The highest BCUT2D eigenvalue weighted by atomic mass is 127. The lowest BCUT2D eigenvalue weighted by Crippen LogP contribution is -2.28. The van der Waals surface area contributed by atoms with Crippen LogP contribution in [0.3, 0.4) is 0 Å². The fraction of sp³-hybridized carbons (Fsp3) is 0.190. The fourth-order valence-corrected chi connectivity index (χ4v) is 4.07. The minimum atomic E-state index is -0.00150. The van der Waals surface area contributed by atoms with Gasteiger partial charge in [-0.05, 0) is 72.5 Å². The molecule has 4 rings (SSSR count). The number of pyridine rings is 1. The zero-order chi connectivity index (χ0) is 17.2. The van der Waals surface area contributed by atoms with Gasteiger partial charge in [0.2, 0.25) is 0 Å². The van der Waals surface area contributed by atoms with E-state index in [-0.39, 0.29) is 5.56 Å². The van der Waals surface area contributed by atoms with Crippen LogP contribution in [0.25, 0.3) is 5.69 Å². The summed E-state index contributed by atoms with van der Waals surface area (Å²) < 4.78 is 8.67. The third-order valence-electron chi connectivity index (χ3n) is 4.55. The molecule has 4 heteroatoms. The van der Waals surface area contributed by atoms with Crippen molar-refractivity contribution >= 4 is 22.6 Å². The zero-order valence-electron chi connectivity index (χ0n) is 13.7. The van der Waals surface area contributed by atoms with Gasteiger partial charge in [0.25, 0.3) is 5.56 Å². The van der Waals surface area contributed by atoms with E-state index >= 15 is 0 Å². The molecule has 0 amide bonds. The van der Waals surface area contributed by atoms with E-state index in [1.807, 2.05) is 65.2 Å². The summed E-state index contributed by atoms with van der Waals surface area (Å²) in [4.78, 5) is 13.1. The molecule has 25 heavy (non-hydrogen) atoms. The minimum absolute atomic E-state index is 0.00150. The summed E-state index contributed by atoms with van der Waals surface area (Å²) in [6, 6.07) is 19.6. The summed E-state index contributed by atoms with van der Waals surface area (Å²) in [5, 5.41) is 0. The van der Waals surface area contributed by atoms with E-state index in [2.05, 4.69) is 22.6 Å². The lowest BCUT2D eigenvalue weighted by atomic mass is 9.94. The van der Waals surface area contributed by atoms with Gasteiger partial charge in [-0.1, -0.05) is 36.4 Å². The molecule has 0 aliphatic heterocycles. The van der Waals surface area contributed by atoms with Crippen molar-refractivity contribution in [2.24, 2.45) is 0 Å². The lowest BCUT2D eigenvalue weighted by molar-refractivity contribution is 0.460. The van der Waals surface area contributed by atoms with Crippen molar-refractivity contribution in [3.63, 3.8) is 0 Å². The normalized spacial score (nSPS) is 13.3. The molecule has 0 bridgehead atoms. The molecule has 1 aliphatic carbocycles. The number of hydrogen-bond donors (Lipinski definition) is 0. The van der Waals surface area contributed by atoms with Gasteiger partial charge >= 0.3 is 0 Å². The third-order valence-corrected chi connectivity index (χ3v) is 5.50. The third kappa shape index (κ3) is 3.11. The maximum Gasteiger partial charge on any atom is 0.272 e. The van der Waals surface area contributed by atoms with Crippen LogP contribution in [-0.2, 0) is 12.8 Å². The second-order valence-electron chi connectivity index (χ2n) is 6.17. The quantitative estimate of drug-likeness (QED) is 0.527. The smallest absolute Gasteiger partial charge is 0.272 e. The first kappa shape index (κ1) is 16.4. The second kappa shape index (κ2) is 7.04. The van der Waals surface area contributed by atoms with Crippen LogP contribution in [0.2, 0.25) is 0 Å². The number of fused-ring (bicyclic) bond motifs is 1. The number of aromatic nitrogens is 1. The van der Waals surface area contributed by atoms with Crippen molar-refractivity contribution in [3.8, 4) is 17.2 Å². The average Bonchev–Trinajstić information content (AvgIpc) is 2.67. The Labute approximate surface area is 160 Å². The molecule has 1 aliphatic rings. The van der Waals surface area contributed by atoms with Crippen molar-refractivity contribution < 1.29 is 4.74 Å². The maximum absolute atomic E-state index is 13.1. The van der Waals surface area contributed by atoms with Gasteiger partial charge in [-0.2, -0.15) is 0 Å². The number of halogens is 1. The maximum atomic E-state index is 13.1. The summed E-state index contributed by atoms with van der Waals surface area (Å²) >= 11 is 2.13. The first-order chi connectivity index (χ1) is 12.3. The molecule has 0 radical (unpaired) electrons. The van der Waals surface area contributed by atoms with E-state index in [9.17, 15) is 4.79 Å². The van der Waals surface area contributed by atoms with Crippen LogP contribution in [0.15, 0.2) is 65.5 Å². The second-order valence-corrected chi connectivity index (χ2v) is 7.25. The highest BCUT2D eigenvalue weighted by molar-refractivity contribution is 14.1. The van der Waals surface area contributed by atoms with Crippen LogP contribution in [-0.4, -0.2) is 4.57 Å². The van der Waals surface area contributed by atoms with Crippen molar-refractivity contribution in [3.05, 3.63) is 85.8 Å². The molecule has 0 spiro atoms. The van der Waals surface area contributed by atoms with Crippen molar-refractivity contribution in [1.29, 1.82) is 0 Å². The van der Waals surface area contributed by atoms with Gasteiger partial charge < -0.3 is 4.74 Å². The number of benzene rings is 2. The number of nitrogens with zero attached hydrogens (tertiary/aromatic N) is 1. The Bertz CT molecular complexity index is 949. The molecule has 1 heterocycles. The molecule has 1 aromatic heterocycles. The predicted octanol–water partition coefficient (Wildman–Crippen LogP) is 5.11. The number of para-hydroxylation sites is 2. The Morgan fingerprint density at radius 2 is 1.52 bits per heavy atom. The Morgan fingerprint density at radius 1 is 0.880 bits per heavy atom. The van der Waals surface area contributed by atoms with E-state index in [0.29, 0.717) is 3.57 Å². The molecule has 3 nitrogen and oxygen atoms in total. The molecule has 0 saturated heterocycles. The topological polar surface area (TPSA) is 31.2 Å². The van der Waals surface area contributed by atoms with Gasteiger partial charge in [0.1, 0.15) is 9.32 Å². The van der Waals surface area contributed by atoms with Crippen LogP contribution in [0.5, 0.6) is 11.5 Å². The summed E-state index contributed by atoms with van der Waals surface area (Å²) in [5.74, 6) is 1.50.